The van der Waals surface area contributed by atoms with Gasteiger partial charge in [-0.1, -0.05) is 19.1 Å². The molecule has 6 heteroatoms. The topological polar surface area (TPSA) is 85.1 Å². The van der Waals surface area contributed by atoms with Crippen LogP contribution in [0, 0.1) is 0 Å². The molecule has 2 aromatic rings. The Hall–Kier alpha value is -2.34. The zero-order valence-electron chi connectivity index (χ0n) is 11.7. The molecule has 0 aliphatic rings. The van der Waals surface area contributed by atoms with Gasteiger partial charge in [-0.05, 0) is 24.1 Å². The molecule has 0 spiro atoms. The molecule has 0 saturated heterocycles. The van der Waals surface area contributed by atoms with Crippen LogP contribution in [-0.4, -0.2) is 17.1 Å². The molecule has 0 amide bonds. The first kappa shape index (κ1) is 14.1. The van der Waals surface area contributed by atoms with E-state index in [0.717, 1.165) is 29.1 Å². The van der Waals surface area contributed by atoms with Gasteiger partial charge >= 0.3 is 0 Å². The average molecular weight is 273 g/mol. The fourth-order valence-electron chi connectivity index (χ4n) is 1.95. The summed E-state index contributed by atoms with van der Waals surface area (Å²) in [5.41, 5.74) is 4.71. The van der Waals surface area contributed by atoms with Crippen molar-refractivity contribution in [3.05, 3.63) is 41.7 Å². The van der Waals surface area contributed by atoms with E-state index in [4.69, 9.17) is 10.6 Å². The lowest BCUT2D eigenvalue weighted by atomic mass is 10.2. The predicted octanol–water partition coefficient (Wildman–Crippen LogP) is 1.95. The van der Waals surface area contributed by atoms with Gasteiger partial charge in [-0.25, -0.2) is 15.8 Å². The first-order valence-electron chi connectivity index (χ1n) is 6.45. The van der Waals surface area contributed by atoms with Crippen molar-refractivity contribution in [3.63, 3.8) is 0 Å². The van der Waals surface area contributed by atoms with Gasteiger partial charge in [0.15, 0.2) is 0 Å². The summed E-state index contributed by atoms with van der Waals surface area (Å²) < 4.78 is 5.14. The van der Waals surface area contributed by atoms with Crippen LogP contribution in [0.5, 0.6) is 5.75 Å². The maximum atomic E-state index is 5.45. The number of benzene rings is 1. The molecule has 106 valence electrons. The molecule has 0 bridgehead atoms. The molecule has 1 heterocycles. The molecule has 4 N–H and O–H groups in total. The molecule has 0 saturated carbocycles. The van der Waals surface area contributed by atoms with Gasteiger partial charge in [0.25, 0.3) is 0 Å². The predicted molar refractivity (Wildman–Crippen MR) is 79.5 cm³/mol. The van der Waals surface area contributed by atoms with Crippen molar-refractivity contribution in [2.24, 2.45) is 5.84 Å². The highest BCUT2D eigenvalue weighted by Crippen LogP contribution is 2.20. The zero-order valence-corrected chi connectivity index (χ0v) is 11.7. The normalized spacial score (nSPS) is 10.2. The van der Waals surface area contributed by atoms with Crippen molar-refractivity contribution in [3.8, 4) is 5.75 Å². The number of nitrogens with one attached hydrogen (secondary N) is 2. The summed E-state index contributed by atoms with van der Waals surface area (Å²) in [5, 5.41) is 3.31. The van der Waals surface area contributed by atoms with Crippen molar-refractivity contribution in [2.75, 3.05) is 17.9 Å². The summed E-state index contributed by atoms with van der Waals surface area (Å²) in [4.78, 5) is 8.37. The fourth-order valence-corrected chi connectivity index (χ4v) is 1.95. The molecule has 2 rings (SSSR count). The highest BCUT2D eigenvalue weighted by atomic mass is 16.5. The third-order valence-corrected chi connectivity index (χ3v) is 3.05. The monoisotopic (exact) mass is 273 g/mol. The Morgan fingerprint density at radius 1 is 1.15 bits per heavy atom. The highest BCUT2D eigenvalue weighted by molar-refractivity contribution is 5.56. The maximum absolute atomic E-state index is 5.45. The van der Waals surface area contributed by atoms with Crippen molar-refractivity contribution < 1.29 is 4.74 Å². The van der Waals surface area contributed by atoms with E-state index in [1.807, 2.05) is 31.2 Å². The van der Waals surface area contributed by atoms with Crippen molar-refractivity contribution in [1.82, 2.24) is 9.97 Å². The smallest absolute Gasteiger partial charge is 0.148 e. The molecule has 1 aromatic heterocycles. The third-order valence-electron chi connectivity index (χ3n) is 3.05. The fraction of sp³-hybridized carbons (Fsp3) is 0.286. The third kappa shape index (κ3) is 3.16. The molecule has 0 aliphatic heterocycles. The first-order chi connectivity index (χ1) is 9.78. The summed E-state index contributed by atoms with van der Waals surface area (Å²) in [6.07, 6.45) is 2.29. The molecule has 0 aliphatic carbocycles. The van der Waals surface area contributed by atoms with Crippen LogP contribution in [-0.2, 0) is 13.0 Å². The van der Waals surface area contributed by atoms with Gasteiger partial charge < -0.3 is 15.5 Å². The van der Waals surface area contributed by atoms with E-state index in [0.29, 0.717) is 12.4 Å². The van der Waals surface area contributed by atoms with Crippen LogP contribution in [0.4, 0.5) is 11.6 Å². The lowest BCUT2D eigenvalue weighted by Gasteiger charge is -2.12. The van der Waals surface area contributed by atoms with E-state index in [1.165, 1.54) is 6.33 Å². The van der Waals surface area contributed by atoms with Crippen LogP contribution in [0.25, 0.3) is 0 Å². The van der Waals surface area contributed by atoms with Crippen LogP contribution in [0.3, 0.4) is 0 Å². The van der Waals surface area contributed by atoms with Crippen molar-refractivity contribution in [1.29, 1.82) is 0 Å². The van der Waals surface area contributed by atoms with Gasteiger partial charge in [-0.2, -0.15) is 0 Å². The molecule has 6 nitrogen and oxygen atoms in total. The summed E-state index contributed by atoms with van der Waals surface area (Å²) in [7, 11) is 1.66. The Labute approximate surface area is 118 Å². The zero-order chi connectivity index (χ0) is 14.4. The van der Waals surface area contributed by atoms with Crippen molar-refractivity contribution >= 4 is 11.6 Å². The van der Waals surface area contributed by atoms with Gasteiger partial charge in [0.05, 0.1) is 7.11 Å². The molecule has 0 atom stereocenters. The SMILES string of the molecule is CCc1c(NN)ncnc1NCc1ccc(OC)cc1. The number of hydrogen-bond donors (Lipinski definition) is 3. The van der Waals surface area contributed by atoms with Crippen LogP contribution in [0.1, 0.15) is 18.1 Å². The largest absolute Gasteiger partial charge is 0.497 e. The second-order valence-electron chi connectivity index (χ2n) is 4.25. The van der Waals surface area contributed by atoms with Gasteiger partial charge in [-0.15, -0.1) is 0 Å². The summed E-state index contributed by atoms with van der Waals surface area (Å²) in [5.74, 6) is 7.75. The Balaban J connectivity index is 2.10. The number of nitrogens with zero attached hydrogens (tertiary/aromatic N) is 2. The number of aromatic nitrogens is 2. The minimum Gasteiger partial charge on any atom is -0.497 e. The van der Waals surface area contributed by atoms with Crippen LogP contribution >= 0.6 is 0 Å². The Morgan fingerprint density at radius 3 is 2.45 bits per heavy atom. The first-order valence-corrected chi connectivity index (χ1v) is 6.45. The maximum Gasteiger partial charge on any atom is 0.148 e. The van der Waals surface area contributed by atoms with Crippen LogP contribution in [0.15, 0.2) is 30.6 Å². The van der Waals surface area contributed by atoms with Gasteiger partial charge in [0.2, 0.25) is 0 Å². The molecular formula is C14H19N5O. The van der Waals surface area contributed by atoms with E-state index in [-0.39, 0.29) is 0 Å². The number of hydrazine groups is 1. The number of rotatable bonds is 6. The number of hydrogen-bond acceptors (Lipinski definition) is 6. The summed E-state index contributed by atoms with van der Waals surface area (Å²) in [6.45, 7) is 2.72. The second kappa shape index (κ2) is 6.72. The minimum absolute atomic E-state index is 0.653. The van der Waals surface area contributed by atoms with Crippen molar-refractivity contribution in [2.45, 2.75) is 19.9 Å². The number of methoxy groups -OCH3 is 1. The summed E-state index contributed by atoms with van der Waals surface area (Å²) in [6, 6.07) is 7.90. The average Bonchev–Trinajstić information content (AvgIpc) is 2.52. The lowest BCUT2D eigenvalue weighted by Crippen LogP contribution is -2.14. The number of nitrogen functional groups attached to an aromatic ring is 1. The molecule has 0 radical (unpaired) electrons. The Kier molecular flexibility index (Phi) is 4.73. The van der Waals surface area contributed by atoms with Crippen LogP contribution < -0.4 is 21.3 Å². The van der Waals surface area contributed by atoms with Crippen LogP contribution in [0.2, 0.25) is 0 Å². The second-order valence-corrected chi connectivity index (χ2v) is 4.25. The van der Waals surface area contributed by atoms with Gasteiger partial charge in [-0.3, -0.25) is 0 Å². The molecule has 1 aromatic carbocycles. The number of nitrogens with two attached hydrogens (primary N) is 1. The van der Waals surface area contributed by atoms with E-state index >= 15 is 0 Å². The van der Waals surface area contributed by atoms with E-state index in [2.05, 4.69) is 20.7 Å². The number of anilines is 2. The van der Waals surface area contributed by atoms with Gasteiger partial charge in [0, 0.05) is 12.1 Å². The highest BCUT2D eigenvalue weighted by Gasteiger charge is 2.08. The summed E-state index contributed by atoms with van der Waals surface area (Å²) >= 11 is 0. The molecule has 0 fully saturated rings. The van der Waals surface area contributed by atoms with E-state index in [1.54, 1.807) is 7.11 Å². The molecule has 0 unspecified atom stereocenters. The van der Waals surface area contributed by atoms with E-state index < -0.39 is 0 Å². The Bertz CT molecular complexity index is 556. The quantitative estimate of drug-likeness (QED) is 0.551. The molecular weight excluding hydrogens is 254 g/mol. The Morgan fingerprint density at radius 2 is 1.85 bits per heavy atom. The molecule has 20 heavy (non-hydrogen) atoms. The standard InChI is InChI=1S/C14H19N5O/c1-3-12-13(17-9-18-14(12)19-15)16-8-10-4-6-11(20-2)7-5-10/h4-7,9H,3,8,15H2,1-2H3,(H2,16,17,18,19). The van der Waals surface area contributed by atoms with E-state index in [9.17, 15) is 0 Å². The lowest BCUT2D eigenvalue weighted by molar-refractivity contribution is 0.414. The number of ether oxygens (including phenoxy) is 1. The van der Waals surface area contributed by atoms with Gasteiger partial charge in [0.1, 0.15) is 23.7 Å². The minimum atomic E-state index is 0.653.